The standard InChI is InChI=1S/C20H25N3O2S.ClH/c21-13-20(8-10-25-11-9-20)18(24)23-19-22-16-7-6-15(12-17(16)26-19)14-4-2-1-3-5-14;/h1-5,15H,6-13,21H2,(H,22,23,24);1H. The molecule has 1 fully saturated rings. The summed E-state index contributed by atoms with van der Waals surface area (Å²) in [5, 5.41) is 3.76. The maximum Gasteiger partial charge on any atom is 0.233 e. The van der Waals surface area contributed by atoms with Crippen LogP contribution in [0.4, 0.5) is 5.13 Å². The van der Waals surface area contributed by atoms with E-state index in [1.165, 1.54) is 10.4 Å². The number of aryl methyl sites for hydroxylation is 1. The molecule has 2 aromatic rings. The Balaban J connectivity index is 0.00000210. The first kappa shape index (κ1) is 20.3. The molecule has 0 radical (unpaired) electrons. The van der Waals surface area contributed by atoms with Crippen LogP contribution in [0.15, 0.2) is 30.3 Å². The van der Waals surface area contributed by atoms with E-state index >= 15 is 0 Å². The fraction of sp³-hybridized carbons (Fsp3) is 0.500. The van der Waals surface area contributed by atoms with Crippen molar-refractivity contribution >= 4 is 34.8 Å². The summed E-state index contributed by atoms with van der Waals surface area (Å²) in [5.74, 6) is 0.535. The van der Waals surface area contributed by atoms with E-state index in [1.807, 2.05) is 0 Å². The lowest BCUT2D eigenvalue weighted by molar-refractivity contribution is -0.130. The van der Waals surface area contributed by atoms with Crippen LogP contribution in [0.2, 0.25) is 0 Å². The number of anilines is 1. The molecule has 0 spiro atoms. The van der Waals surface area contributed by atoms with Crippen LogP contribution in [-0.4, -0.2) is 30.6 Å². The maximum atomic E-state index is 12.8. The molecule has 0 bridgehead atoms. The average molecular weight is 408 g/mol. The first-order valence-corrected chi connectivity index (χ1v) is 10.1. The van der Waals surface area contributed by atoms with Crippen LogP contribution in [0.25, 0.3) is 0 Å². The Bertz CT molecular complexity index is 775. The number of nitrogens with one attached hydrogen (secondary N) is 1. The third-order valence-corrected chi connectivity index (χ3v) is 6.79. The molecule has 1 atom stereocenters. The number of carbonyl (C=O) groups excluding carboxylic acids is 1. The van der Waals surface area contributed by atoms with Gasteiger partial charge in [0, 0.05) is 24.6 Å². The lowest BCUT2D eigenvalue weighted by atomic mass is 9.79. The SMILES string of the molecule is Cl.NCC1(C(=O)Nc2nc3c(s2)CC(c2ccccc2)CC3)CCOCC1. The van der Waals surface area contributed by atoms with Crippen LogP contribution < -0.4 is 11.1 Å². The average Bonchev–Trinajstić information content (AvgIpc) is 3.10. The Morgan fingerprint density at radius 2 is 2.04 bits per heavy atom. The van der Waals surface area contributed by atoms with Crippen molar-refractivity contribution in [1.82, 2.24) is 4.98 Å². The summed E-state index contributed by atoms with van der Waals surface area (Å²) in [6, 6.07) is 10.7. The second-order valence-corrected chi connectivity index (χ2v) is 8.37. The lowest BCUT2D eigenvalue weighted by Crippen LogP contribution is -2.46. The van der Waals surface area contributed by atoms with Crippen molar-refractivity contribution in [3.05, 3.63) is 46.5 Å². The van der Waals surface area contributed by atoms with E-state index in [1.54, 1.807) is 11.3 Å². The molecule has 1 amide bonds. The van der Waals surface area contributed by atoms with Gasteiger partial charge < -0.3 is 15.8 Å². The Morgan fingerprint density at radius 3 is 2.74 bits per heavy atom. The number of thiazole rings is 1. The van der Waals surface area contributed by atoms with Gasteiger partial charge in [-0.2, -0.15) is 0 Å². The quantitative estimate of drug-likeness (QED) is 0.812. The molecule has 146 valence electrons. The van der Waals surface area contributed by atoms with Gasteiger partial charge in [-0.25, -0.2) is 4.98 Å². The summed E-state index contributed by atoms with van der Waals surface area (Å²) in [5.41, 5.74) is 7.96. The fourth-order valence-electron chi connectivity index (χ4n) is 3.95. The van der Waals surface area contributed by atoms with E-state index in [-0.39, 0.29) is 18.3 Å². The van der Waals surface area contributed by atoms with Crippen molar-refractivity contribution in [2.45, 2.75) is 38.0 Å². The summed E-state index contributed by atoms with van der Waals surface area (Å²) in [6.45, 7) is 1.54. The van der Waals surface area contributed by atoms with Crippen LogP contribution in [0, 0.1) is 5.41 Å². The van der Waals surface area contributed by atoms with E-state index in [4.69, 9.17) is 15.5 Å². The van der Waals surface area contributed by atoms with Gasteiger partial charge >= 0.3 is 0 Å². The summed E-state index contributed by atoms with van der Waals surface area (Å²) in [4.78, 5) is 18.8. The summed E-state index contributed by atoms with van der Waals surface area (Å²) >= 11 is 1.62. The number of aromatic nitrogens is 1. The normalized spacial score (nSPS) is 21.0. The van der Waals surface area contributed by atoms with Gasteiger partial charge in [-0.05, 0) is 43.6 Å². The first-order chi connectivity index (χ1) is 12.7. The predicted molar refractivity (Wildman–Crippen MR) is 111 cm³/mol. The van der Waals surface area contributed by atoms with Crippen LogP contribution in [0.3, 0.4) is 0 Å². The molecule has 1 unspecified atom stereocenters. The second kappa shape index (κ2) is 8.69. The van der Waals surface area contributed by atoms with E-state index in [9.17, 15) is 4.79 Å². The number of hydrogen-bond donors (Lipinski definition) is 2. The molecule has 27 heavy (non-hydrogen) atoms. The predicted octanol–water partition coefficient (Wildman–Crippen LogP) is 3.53. The number of ether oxygens (including phenoxy) is 1. The van der Waals surface area contributed by atoms with E-state index in [2.05, 4.69) is 35.6 Å². The van der Waals surface area contributed by atoms with E-state index in [0.29, 0.717) is 43.6 Å². The van der Waals surface area contributed by atoms with Gasteiger partial charge in [-0.1, -0.05) is 30.3 Å². The van der Waals surface area contributed by atoms with Gasteiger partial charge in [-0.15, -0.1) is 23.7 Å². The number of halogens is 1. The van der Waals surface area contributed by atoms with Crippen LogP contribution >= 0.6 is 23.7 Å². The molecule has 4 rings (SSSR count). The van der Waals surface area contributed by atoms with Crippen LogP contribution in [-0.2, 0) is 22.4 Å². The number of benzene rings is 1. The van der Waals surface area contributed by atoms with Crippen molar-refractivity contribution in [3.63, 3.8) is 0 Å². The Hall–Kier alpha value is -1.47. The Morgan fingerprint density at radius 1 is 1.30 bits per heavy atom. The molecule has 1 aliphatic heterocycles. The maximum absolute atomic E-state index is 12.8. The minimum Gasteiger partial charge on any atom is -0.381 e. The minimum atomic E-state index is -0.517. The van der Waals surface area contributed by atoms with E-state index in [0.717, 1.165) is 25.0 Å². The van der Waals surface area contributed by atoms with Gasteiger partial charge in [0.2, 0.25) is 5.91 Å². The number of carbonyl (C=O) groups is 1. The summed E-state index contributed by atoms with van der Waals surface area (Å²) < 4.78 is 5.40. The molecule has 1 saturated heterocycles. The molecule has 2 aliphatic rings. The highest BCUT2D eigenvalue weighted by molar-refractivity contribution is 7.15. The van der Waals surface area contributed by atoms with Crippen molar-refractivity contribution in [3.8, 4) is 0 Å². The topological polar surface area (TPSA) is 77.2 Å². The largest absolute Gasteiger partial charge is 0.381 e. The van der Waals surface area contributed by atoms with Gasteiger partial charge in [0.15, 0.2) is 5.13 Å². The third-order valence-electron chi connectivity index (χ3n) is 5.75. The van der Waals surface area contributed by atoms with Gasteiger partial charge in [0.05, 0.1) is 11.1 Å². The molecule has 0 saturated carbocycles. The molecular formula is C20H26ClN3O2S. The van der Waals surface area contributed by atoms with Crippen molar-refractivity contribution in [1.29, 1.82) is 0 Å². The van der Waals surface area contributed by atoms with Gasteiger partial charge in [0.1, 0.15) is 0 Å². The van der Waals surface area contributed by atoms with Crippen molar-refractivity contribution in [2.24, 2.45) is 11.1 Å². The smallest absolute Gasteiger partial charge is 0.233 e. The molecule has 7 heteroatoms. The van der Waals surface area contributed by atoms with Crippen LogP contribution in [0.1, 0.15) is 41.3 Å². The molecule has 5 nitrogen and oxygen atoms in total. The molecule has 3 N–H and O–H groups in total. The number of hydrogen-bond acceptors (Lipinski definition) is 5. The highest BCUT2D eigenvalue weighted by atomic mass is 35.5. The molecule has 1 aromatic carbocycles. The number of amides is 1. The molecule has 1 aromatic heterocycles. The van der Waals surface area contributed by atoms with Gasteiger partial charge in [-0.3, -0.25) is 4.79 Å². The number of nitrogens with two attached hydrogens (primary N) is 1. The fourth-order valence-corrected chi connectivity index (χ4v) is 5.04. The highest BCUT2D eigenvalue weighted by Gasteiger charge is 2.39. The second-order valence-electron chi connectivity index (χ2n) is 7.29. The summed E-state index contributed by atoms with van der Waals surface area (Å²) in [6.07, 6.45) is 4.44. The zero-order valence-corrected chi connectivity index (χ0v) is 16.9. The van der Waals surface area contributed by atoms with Crippen LogP contribution in [0.5, 0.6) is 0 Å². The lowest BCUT2D eigenvalue weighted by Gasteiger charge is -2.34. The number of nitrogens with zero attached hydrogens (tertiary/aromatic N) is 1. The zero-order valence-electron chi connectivity index (χ0n) is 15.3. The van der Waals surface area contributed by atoms with Gasteiger partial charge in [0.25, 0.3) is 0 Å². The summed E-state index contributed by atoms with van der Waals surface area (Å²) in [7, 11) is 0. The number of rotatable bonds is 4. The van der Waals surface area contributed by atoms with Crippen molar-refractivity contribution < 1.29 is 9.53 Å². The first-order valence-electron chi connectivity index (χ1n) is 9.33. The highest BCUT2D eigenvalue weighted by Crippen LogP contribution is 2.38. The third kappa shape index (κ3) is 4.19. The number of fused-ring (bicyclic) bond motifs is 1. The molecule has 2 heterocycles. The zero-order chi connectivity index (χ0) is 18.0. The monoisotopic (exact) mass is 407 g/mol. The molecule has 1 aliphatic carbocycles. The molecular weight excluding hydrogens is 382 g/mol. The minimum absolute atomic E-state index is 0. The Labute approximate surface area is 170 Å². The van der Waals surface area contributed by atoms with Crippen molar-refractivity contribution in [2.75, 3.05) is 25.1 Å². The van der Waals surface area contributed by atoms with E-state index < -0.39 is 5.41 Å². The Kier molecular flexibility index (Phi) is 6.52.